The summed E-state index contributed by atoms with van der Waals surface area (Å²) in [5.74, 6) is 0.795. The Balaban J connectivity index is 0.00000242. The van der Waals surface area contributed by atoms with Gasteiger partial charge in [0.2, 0.25) is 0 Å². The summed E-state index contributed by atoms with van der Waals surface area (Å²) in [5, 5.41) is 3.32. The van der Waals surface area contributed by atoms with Crippen LogP contribution in [0.5, 0.6) is 5.75 Å². The van der Waals surface area contributed by atoms with Gasteiger partial charge in [-0.2, -0.15) is 0 Å². The molecule has 1 atom stereocenters. The van der Waals surface area contributed by atoms with Gasteiger partial charge in [0.15, 0.2) is 6.10 Å². The Hall–Kier alpha value is -0.910. The molecule has 0 aliphatic carbocycles. The summed E-state index contributed by atoms with van der Waals surface area (Å²) in [4.78, 5) is 15.5. The van der Waals surface area contributed by atoms with Gasteiger partial charge in [-0.15, -0.1) is 24.2 Å². The van der Waals surface area contributed by atoms with Crippen LogP contribution in [-0.4, -0.2) is 49.3 Å². The maximum atomic E-state index is 12.4. The lowest BCUT2D eigenvalue weighted by Crippen LogP contribution is -2.48. The van der Waals surface area contributed by atoms with Crippen molar-refractivity contribution in [2.24, 2.45) is 0 Å². The molecule has 1 heterocycles. The first-order chi connectivity index (χ1) is 10.1. The topological polar surface area (TPSA) is 41.6 Å². The number of hydrogen-bond donors (Lipinski definition) is 1. The predicted molar refractivity (Wildman–Crippen MR) is 94.2 cm³/mol. The number of halogens is 1. The molecule has 1 saturated heterocycles. The number of carbonyl (C=O) groups is 1. The molecule has 0 aromatic heterocycles. The van der Waals surface area contributed by atoms with Crippen LogP contribution in [-0.2, 0) is 4.79 Å². The van der Waals surface area contributed by atoms with Crippen molar-refractivity contribution in [3.63, 3.8) is 0 Å². The first-order valence-electron chi connectivity index (χ1n) is 7.40. The minimum Gasteiger partial charge on any atom is -0.481 e. The zero-order valence-electron chi connectivity index (χ0n) is 13.4. The van der Waals surface area contributed by atoms with E-state index in [-0.39, 0.29) is 18.3 Å². The number of rotatable bonds is 5. The molecule has 1 fully saturated rings. The van der Waals surface area contributed by atoms with Gasteiger partial charge < -0.3 is 15.0 Å². The number of carbonyl (C=O) groups excluding carboxylic acids is 1. The lowest BCUT2D eigenvalue weighted by atomic mass is 10.0. The zero-order valence-corrected chi connectivity index (χ0v) is 15.0. The highest BCUT2D eigenvalue weighted by molar-refractivity contribution is 7.98. The van der Waals surface area contributed by atoms with E-state index in [1.165, 1.54) is 4.90 Å². The lowest BCUT2D eigenvalue weighted by molar-refractivity contribution is -0.139. The molecule has 1 aromatic carbocycles. The molecule has 4 nitrogen and oxygen atoms in total. The Bertz CT molecular complexity index is 464. The highest BCUT2D eigenvalue weighted by atomic mass is 35.5. The van der Waals surface area contributed by atoms with E-state index in [0.717, 1.165) is 31.7 Å². The number of piperidine rings is 1. The SMILES string of the molecule is CSc1ccc(OC(C)C(=O)N(C)C2CCNCC2)cc1.Cl. The molecule has 22 heavy (non-hydrogen) atoms. The summed E-state index contributed by atoms with van der Waals surface area (Å²) in [5.41, 5.74) is 0. The van der Waals surface area contributed by atoms with E-state index in [2.05, 4.69) is 5.32 Å². The van der Waals surface area contributed by atoms with Crippen molar-refractivity contribution in [1.29, 1.82) is 0 Å². The normalized spacial score (nSPS) is 16.5. The smallest absolute Gasteiger partial charge is 0.263 e. The molecule has 1 unspecified atom stereocenters. The van der Waals surface area contributed by atoms with Gasteiger partial charge in [-0.1, -0.05) is 0 Å². The second-order valence-corrected chi connectivity index (χ2v) is 6.25. The van der Waals surface area contributed by atoms with Gasteiger partial charge in [-0.3, -0.25) is 4.79 Å². The summed E-state index contributed by atoms with van der Waals surface area (Å²) in [6.07, 6.45) is 3.61. The standard InChI is InChI=1S/C16H24N2O2S.ClH/c1-12(20-14-4-6-15(21-3)7-5-14)16(19)18(2)13-8-10-17-11-9-13;/h4-7,12-13,17H,8-11H2,1-3H3;1H. The number of hydrogen-bond acceptors (Lipinski definition) is 4. The number of ether oxygens (including phenoxy) is 1. The molecule has 1 aliphatic rings. The van der Waals surface area contributed by atoms with Gasteiger partial charge in [-0.25, -0.2) is 0 Å². The van der Waals surface area contributed by atoms with Crippen LogP contribution in [0.15, 0.2) is 29.2 Å². The van der Waals surface area contributed by atoms with E-state index in [1.807, 2.05) is 49.4 Å². The van der Waals surface area contributed by atoms with E-state index in [4.69, 9.17) is 4.74 Å². The summed E-state index contributed by atoms with van der Waals surface area (Å²) >= 11 is 1.69. The second-order valence-electron chi connectivity index (χ2n) is 5.37. The molecular formula is C16H25ClN2O2S. The zero-order chi connectivity index (χ0) is 15.2. The average Bonchev–Trinajstić information content (AvgIpc) is 2.55. The largest absolute Gasteiger partial charge is 0.481 e. The van der Waals surface area contributed by atoms with Crippen molar-refractivity contribution in [3.8, 4) is 5.75 Å². The van der Waals surface area contributed by atoms with E-state index in [1.54, 1.807) is 11.8 Å². The van der Waals surface area contributed by atoms with E-state index >= 15 is 0 Å². The van der Waals surface area contributed by atoms with Crippen molar-refractivity contribution in [3.05, 3.63) is 24.3 Å². The summed E-state index contributed by atoms with van der Waals surface area (Å²) in [6, 6.07) is 8.17. The van der Waals surface area contributed by atoms with Crippen molar-refractivity contribution in [2.45, 2.75) is 36.8 Å². The maximum Gasteiger partial charge on any atom is 0.263 e. The molecule has 0 saturated carbocycles. The number of nitrogens with zero attached hydrogens (tertiary/aromatic N) is 1. The predicted octanol–water partition coefficient (Wildman–Crippen LogP) is 2.81. The van der Waals surface area contributed by atoms with Gasteiger partial charge >= 0.3 is 0 Å². The molecule has 1 aliphatic heterocycles. The molecule has 6 heteroatoms. The monoisotopic (exact) mass is 344 g/mol. The highest BCUT2D eigenvalue weighted by Crippen LogP contribution is 2.20. The summed E-state index contributed by atoms with van der Waals surface area (Å²) in [7, 11) is 1.88. The van der Waals surface area contributed by atoms with Crippen molar-refractivity contribution >= 4 is 30.1 Å². The van der Waals surface area contributed by atoms with Crippen molar-refractivity contribution in [1.82, 2.24) is 10.2 Å². The van der Waals surface area contributed by atoms with Gasteiger partial charge in [-0.05, 0) is 63.4 Å². The minimum absolute atomic E-state index is 0. The molecule has 2 rings (SSSR count). The van der Waals surface area contributed by atoms with Gasteiger partial charge in [0, 0.05) is 18.0 Å². The van der Waals surface area contributed by atoms with Crippen LogP contribution in [0, 0.1) is 0 Å². The number of amides is 1. The molecule has 124 valence electrons. The Morgan fingerprint density at radius 2 is 1.91 bits per heavy atom. The molecule has 1 N–H and O–H groups in total. The molecule has 0 bridgehead atoms. The quantitative estimate of drug-likeness (QED) is 0.834. The first kappa shape index (κ1) is 19.1. The second kappa shape index (κ2) is 9.28. The van der Waals surface area contributed by atoms with Gasteiger partial charge in [0.05, 0.1) is 0 Å². The molecule has 1 aromatic rings. The first-order valence-corrected chi connectivity index (χ1v) is 8.62. The van der Waals surface area contributed by atoms with Gasteiger partial charge in [0.1, 0.15) is 5.75 Å². The molecular weight excluding hydrogens is 320 g/mol. The van der Waals surface area contributed by atoms with Crippen LogP contribution in [0.4, 0.5) is 0 Å². The Morgan fingerprint density at radius 1 is 1.32 bits per heavy atom. The van der Waals surface area contributed by atoms with E-state index < -0.39 is 6.10 Å². The van der Waals surface area contributed by atoms with Crippen LogP contribution in [0.25, 0.3) is 0 Å². The Morgan fingerprint density at radius 3 is 2.45 bits per heavy atom. The molecule has 0 radical (unpaired) electrons. The van der Waals surface area contributed by atoms with Crippen LogP contribution >= 0.6 is 24.2 Å². The van der Waals surface area contributed by atoms with Crippen molar-refractivity contribution < 1.29 is 9.53 Å². The number of nitrogens with one attached hydrogen (secondary N) is 1. The van der Waals surface area contributed by atoms with E-state index in [9.17, 15) is 4.79 Å². The van der Waals surface area contributed by atoms with Crippen molar-refractivity contribution in [2.75, 3.05) is 26.4 Å². The number of likely N-dealkylation sites (N-methyl/N-ethyl adjacent to an activating group) is 1. The fourth-order valence-electron chi connectivity index (χ4n) is 2.57. The van der Waals surface area contributed by atoms with Gasteiger partial charge in [0.25, 0.3) is 5.91 Å². The molecule has 0 spiro atoms. The fourth-order valence-corrected chi connectivity index (χ4v) is 2.98. The fraction of sp³-hybridized carbons (Fsp3) is 0.562. The average molecular weight is 345 g/mol. The number of benzene rings is 1. The summed E-state index contributed by atoms with van der Waals surface area (Å²) in [6.45, 7) is 3.78. The lowest BCUT2D eigenvalue weighted by Gasteiger charge is -2.33. The van der Waals surface area contributed by atoms with Crippen LogP contribution in [0.3, 0.4) is 0 Å². The number of thioether (sulfide) groups is 1. The van der Waals surface area contributed by atoms with Crippen LogP contribution in [0.1, 0.15) is 19.8 Å². The Kier molecular flexibility index (Phi) is 8.07. The van der Waals surface area contributed by atoms with Crippen LogP contribution in [0.2, 0.25) is 0 Å². The third-order valence-corrected chi connectivity index (χ3v) is 4.67. The van der Waals surface area contributed by atoms with Crippen LogP contribution < -0.4 is 10.1 Å². The maximum absolute atomic E-state index is 12.4. The molecule has 1 amide bonds. The third-order valence-electron chi connectivity index (χ3n) is 3.92. The Labute approximate surface area is 143 Å². The third kappa shape index (κ3) is 5.07. The van der Waals surface area contributed by atoms with E-state index in [0.29, 0.717) is 6.04 Å². The summed E-state index contributed by atoms with van der Waals surface area (Å²) < 4.78 is 5.77. The highest BCUT2D eigenvalue weighted by Gasteiger charge is 2.26. The minimum atomic E-state index is -0.454.